The average Bonchev–Trinajstić information content (AvgIpc) is 3.09. The Bertz CT molecular complexity index is 708. The van der Waals surface area contributed by atoms with E-state index in [1.807, 2.05) is 0 Å². The fourth-order valence-corrected chi connectivity index (χ4v) is 3.63. The molecule has 2 amide bonds. The molecule has 0 bridgehead atoms. The Morgan fingerprint density at radius 1 is 1.15 bits per heavy atom. The molecule has 148 valence electrons. The minimum absolute atomic E-state index is 0.0873. The first-order valence-corrected chi connectivity index (χ1v) is 8.74. The number of morpholine rings is 1. The van der Waals surface area contributed by atoms with Crippen LogP contribution < -0.4 is 0 Å². The third kappa shape index (κ3) is 4.23. The summed E-state index contributed by atoms with van der Waals surface area (Å²) in [5.41, 5.74) is 0.676. The van der Waals surface area contributed by atoms with Crippen molar-refractivity contribution in [2.75, 3.05) is 19.6 Å². The van der Waals surface area contributed by atoms with Crippen molar-refractivity contribution in [1.82, 2.24) is 9.80 Å². The van der Waals surface area contributed by atoms with E-state index >= 15 is 0 Å². The number of alkyl halides is 3. The highest BCUT2D eigenvalue weighted by Crippen LogP contribution is 2.30. The fraction of sp³-hybridized carbons (Fsp3) is 0.556. The van der Waals surface area contributed by atoms with E-state index in [9.17, 15) is 27.2 Å². The molecule has 9 heteroatoms. The standard InChI is InChI=1S/C18H20F4N2O3/c1-11-9-23(10-15(27-11)12-4-6-13(19)7-5-12)16(25)14-3-2-8-24(14)17(26)18(20,21)22/h4-7,11,14-15H,2-3,8-10H2,1H3. The van der Waals surface area contributed by atoms with Gasteiger partial charge in [0.05, 0.1) is 12.6 Å². The maximum Gasteiger partial charge on any atom is 0.471 e. The summed E-state index contributed by atoms with van der Waals surface area (Å²) in [4.78, 5) is 26.5. The van der Waals surface area contributed by atoms with Crippen molar-refractivity contribution in [1.29, 1.82) is 0 Å². The van der Waals surface area contributed by atoms with Gasteiger partial charge in [0.2, 0.25) is 5.91 Å². The van der Waals surface area contributed by atoms with Crippen LogP contribution in [0.3, 0.4) is 0 Å². The zero-order chi connectivity index (χ0) is 19.8. The summed E-state index contributed by atoms with van der Waals surface area (Å²) in [7, 11) is 0. The highest BCUT2D eigenvalue weighted by molar-refractivity contribution is 5.90. The van der Waals surface area contributed by atoms with Gasteiger partial charge in [-0.2, -0.15) is 13.2 Å². The molecule has 2 saturated heterocycles. The Hall–Kier alpha value is -2.16. The molecular weight excluding hydrogens is 368 g/mol. The van der Waals surface area contributed by atoms with Crippen molar-refractivity contribution < 1.29 is 31.9 Å². The topological polar surface area (TPSA) is 49.9 Å². The zero-order valence-corrected chi connectivity index (χ0v) is 14.7. The highest BCUT2D eigenvalue weighted by Gasteiger charge is 2.48. The number of carbonyl (C=O) groups excluding carboxylic acids is 2. The van der Waals surface area contributed by atoms with Gasteiger partial charge in [0.15, 0.2) is 0 Å². The van der Waals surface area contributed by atoms with Crippen molar-refractivity contribution in [2.24, 2.45) is 0 Å². The summed E-state index contributed by atoms with van der Waals surface area (Å²) in [6.07, 6.45) is -5.30. The molecule has 0 radical (unpaired) electrons. The number of hydrogen-bond acceptors (Lipinski definition) is 3. The molecule has 5 nitrogen and oxygen atoms in total. The molecule has 2 aliphatic rings. The number of rotatable bonds is 2. The quantitative estimate of drug-likeness (QED) is 0.732. The van der Waals surface area contributed by atoms with Crippen LogP contribution in [0.5, 0.6) is 0 Å². The van der Waals surface area contributed by atoms with Crippen molar-refractivity contribution in [3.05, 3.63) is 35.6 Å². The molecule has 0 saturated carbocycles. The van der Waals surface area contributed by atoms with Gasteiger partial charge in [-0.15, -0.1) is 0 Å². The Morgan fingerprint density at radius 3 is 2.44 bits per heavy atom. The van der Waals surface area contributed by atoms with E-state index in [1.54, 1.807) is 19.1 Å². The second-order valence-electron chi connectivity index (χ2n) is 6.88. The van der Waals surface area contributed by atoms with Crippen molar-refractivity contribution in [3.63, 3.8) is 0 Å². The molecule has 0 aromatic heterocycles. The van der Waals surface area contributed by atoms with Crippen molar-refractivity contribution in [2.45, 2.75) is 44.2 Å². The second-order valence-corrected chi connectivity index (χ2v) is 6.88. The molecule has 2 heterocycles. The summed E-state index contributed by atoms with van der Waals surface area (Å²) >= 11 is 0. The molecule has 2 aliphatic heterocycles. The number of ether oxygens (including phenoxy) is 1. The molecule has 3 rings (SSSR count). The van der Waals surface area contributed by atoms with Crippen molar-refractivity contribution in [3.8, 4) is 0 Å². The molecule has 1 aromatic rings. The Morgan fingerprint density at radius 2 is 1.81 bits per heavy atom. The Kier molecular flexibility index (Phi) is 5.41. The van der Waals surface area contributed by atoms with Gasteiger partial charge in [-0.05, 0) is 37.5 Å². The largest absolute Gasteiger partial charge is 0.471 e. The summed E-state index contributed by atoms with van der Waals surface area (Å²) in [5.74, 6) is -2.88. The van der Waals surface area contributed by atoms with E-state index in [4.69, 9.17) is 4.74 Å². The van der Waals surface area contributed by atoms with E-state index in [-0.39, 0.29) is 32.2 Å². The van der Waals surface area contributed by atoms with Gasteiger partial charge in [-0.3, -0.25) is 9.59 Å². The van der Waals surface area contributed by atoms with E-state index in [0.717, 1.165) is 0 Å². The lowest BCUT2D eigenvalue weighted by atomic mass is 10.1. The molecule has 3 unspecified atom stereocenters. The maximum absolute atomic E-state index is 13.1. The van der Waals surface area contributed by atoms with E-state index in [0.29, 0.717) is 16.9 Å². The number of nitrogens with zero attached hydrogens (tertiary/aromatic N) is 2. The summed E-state index contributed by atoms with van der Waals surface area (Å²) < 4.78 is 57.3. The number of hydrogen-bond donors (Lipinski definition) is 0. The second kappa shape index (κ2) is 7.46. The minimum Gasteiger partial charge on any atom is -0.367 e. The van der Waals surface area contributed by atoms with Crippen LogP contribution in [0.15, 0.2) is 24.3 Å². The average molecular weight is 388 g/mol. The lowest BCUT2D eigenvalue weighted by Crippen LogP contribution is -2.55. The van der Waals surface area contributed by atoms with Gasteiger partial charge >= 0.3 is 12.1 Å². The van der Waals surface area contributed by atoms with E-state index in [2.05, 4.69) is 0 Å². The van der Waals surface area contributed by atoms with E-state index < -0.39 is 36.0 Å². The first-order chi connectivity index (χ1) is 12.7. The SMILES string of the molecule is CC1CN(C(=O)C2CCCN2C(=O)C(F)(F)F)CC(c2ccc(F)cc2)O1. The van der Waals surface area contributed by atoms with Crippen LogP contribution in [0, 0.1) is 5.82 Å². The summed E-state index contributed by atoms with van der Waals surface area (Å²) in [6.45, 7) is 2.03. The normalized spacial score (nSPS) is 26.3. The molecule has 3 atom stereocenters. The van der Waals surface area contributed by atoms with Crippen LogP contribution >= 0.6 is 0 Å². The number of benzene rings is 1. The minimum atomic E-state index is -5.00. The summed E-state index contributed by atoms with van der Waals surface area (Å²) in [5, 5.41) is 0. The van der Waals surface area contributed by atoms with Crippen LogP contribution in [0.4, 0.5) is 17.6 Å². The third-order valence-electron chi connectivity index (χ3n) is 4.85. The van der Waals surface area contributed by atoms with Crippen LogP contribution in [0.25, 0.3) is 0 Å². The molecule has 0 N–H and O–H groups in total. The first kappa shape index (κ1) is 19.6. The van der Waals surface area contributed by atoms with E-state index in [1.165, 1.54) is 17.0 Å². The number of amides is 2. The van der Waals surface area contributed by atoms with Gasteiger partial charge < -0.3 is 14.5 Å². The van der Waals surface area contributed by atoms with Gasteiger partial charge in [-0.25, -0.2) is 4.39 Å². The van der Waals surface area contributed by atoms with Crippen LogP contribution in [0.2, 0.25) is 0 Å². The van der Waals surface area contributed by atoms with Crippen molar-refractivity contribution >= 4 is 11.8 Å². The highest BCUT2D eigenvalue weighted by atomic mass is 19.4. The predicted octanol–water partition coefficient (Wildman–Crippen LogP) is 2.67. The Labute approximate surface area is 153 Å². The predicted molar refractivity (Wildman–Crippen MR) is 87.1 cm³/mol. The third-order valence-corrected chi connectivity index (χ3v) is 4.85. The lowest BCUT2D eigenvalue weighted by molar-refractivity contribution is -0.188. The smallest absolute Gasteiger partial charge is 0.367 e. The number of likely N-dealkylation sites (tertiary alicyclic amines) is 1. The maximum atomic E-state index is 13.1. The van der Waals surface area contributed by atoms with Crippen LogP contribution in [0.1, 0.15) is 31.4 Å². The Balaban J connectivity index is 1.75. The monoisotopic (exact) mass is 388 g/mol. The molecule has 0 spiro atoms. The molecule has 27 heavy (non-hydrogen) atoms. The number of halogens is 4. The van der Waals surface area contributed by atoms with Gasteiger partial charge in [0, 0.05) is 13.1 Å². The zero-order valence-electron chi connectivity index (χ0n) is 14.7. The number of carbonyl (C=O) groups is 2. The molecular formula is C18H20F4N2O3. The molecule has 0 aliphatic carbocycles. The van der Waals surface area contributed by atoms with Gasteiger partial charge in [0.25, 0.3) is 0 Å². The lowest BCUT2D eigenvalue weighted by Gasteiger charge is -2.39. The summed E-state index contributed by atoms with van der Waals surface area (Å²) in [6, 6.07) is 4.56. The fourth-order valence-electron chi connectivity index (χ4n) is 3.63. The first-order valence-electron chi connectivity index (χ1n) is 8.74. The van der Waals surface area contributed by atoms with Gasteiger partial charge in [-0.1, -0.05) is 12.1 Å². The molecule has 1 aromatic carbocycles. The van der Waals surface area contributed by atoms with Crippen LogP contribution in [-0.2, 0) is 14.3 Å². The van der Waals surface area contributed by atoms with Crippen LogP contribution in [-0.4, -0.2) is 59.6 Å². The van der Waals surface area contributed by atoms with Gasteiger partial charge in [0.1, 0.15) is 18.0 Å². The molecule has 2 fully saturated rings.